The number of benzene rings is 1. The Labute approximate surface area is 92.1 Å². The molecule has 1 heteroatoms. The van der Waals surface area contributed by atoms with Crippen LogP contribution in [-0.2, 0) is 6.42 Å². The first-order chi connectivity index (χ1) is 7.09. The Morgan fingerprint density at radius 3 is 2.60 bits per heavy atom. The van der Waals surface area contributed by atoms with Crippen molar-refractivity contribution in [1.29, 1.82) is 5.26 Å². The molecule has 78 valence electrons. The quantitative estimate of drug-likeness (QED) is 0.726. The molecule has 0 saturated heterocycles. The molecule has 1 nitrogen and oxygen atoms in total. The van der Waals surface area contributed by atoms with Crippen molar-refractivity contribution in [3.05, 3.63) is 41.5 Å². The normalized spacial score (nSPS) is 11.6. The smallest absolute Gasteiger partial charge is 0.0725 e. The van der Waals surface area contributed by atoms with E-state index in [0.717, 1.165) is 6.42 Å². The minimum atomic E-state index is -0.388. The first-order valence-corrected chi connectivity index (χ1v) is 5.27. The Bertz CT molecular complexity index is 394. The van der Waals surface area contributed by atoms with Gasteiger partial charge in [-0.05, 0) is 31.4 Å². The fourth-order valence-corrected chi connectivity index (χ4v) is 1.35. The Balaban J connectivity index is 2.95. The van der Waals surface area contributed by atoms with Gasteiger partial charge in [-0.25, -0.2) is 0 Å². The summed E-state index contributed by atoms with van der Waals surface area (Å²) in [7, 11) is 0. The van der Waals surface area contributed by atoms with Crippen LogP contribution < -0.4 is 0 Å². The summed E-state index contributed by atoms with van der Waals surface area (Å²) in [4.78, 5) is 0. The van der Waals surface area contributed by atoms with Gasteiger partial charge in [0.1, 0.15) is 0 Å². The molecule has 0 aliphatic rings. The van der Waals surface area contributed by atoms with E-state index >= 15 is 0 Å². The van der Waals surface area contributed by atoms with Crippen LogP contribution in [0.25, 0.3) is 6.08 Å². The third-order valence-electron chi connectivity index (χ3n) is 2.40. The van der Waals surface area contributed by atoms with Crippen LogP contribution in [0.15, 0.2) is 30.3 Å². The molecule has 0 heterocycles. The second kappa shape index (κ2) is 4.79. The minimum Gasteiger partial charge on any atom is -0.197 e. The minimum absolute atomic E-state index is 0.388. The predicted octanol–water partition coefficient (Wildman–Crippen LogP) is 3.81. The Morgan fingerprint density at radius 2 is 2.00 bits per heavy atom. The predicted molar refractivity (Wildman–Crippen MR) is 64.2 cm³/mol. The van der Waals surface area contributed by atoms with Gasteiger partial charge in [-0.3, -0.25) is 0 Å². The van der Waals surface area contributed by atoms with Crippen LogP contribution in [-0.4, -0.2) is 0 Å². The van der Waals surface area contributed by atoms with E-state index < -0.39 is 0 Å². The van der Waals surface area contributed by atoms with E-state index in [4.69, 9.17) is 5.26 Å². The van der Waals surface area contributed by atoms with Crippen LogP contribution in [0.3, 0.4) is 0 Å². The summed E-state index contributed by atoms with van der Waals surface area (Å²) in [6.45, 7) is 5.97. The van der Waals surface area contributed by atoms with Crippen LogP contribution in [0.2, 0.25) is 0 Å². The maximum Gasteiger partial charge on any atom is 0.0725 e. The van der Waals surface area contributed by atoms with Crippen molar-refractivity contribution in [2.24, 2.45) is 5.41 Å². The molecule has 1 rings (SSSR count). The molecule has 0 saturated carbocycles. The van der Waals surface area contributed by atoms with Crippen LogP contribution in [0.1, 0.15) is 31.9 Å². The largest absolute Gasteiger partial charge is 0.197 e. The van der Waals surface area contributed by atoms with Gasteiger partial charge in [-0.15, -0.1) is 0 Å². The van der Waals surface area contributed by atoms with E-state index in [1.165, 1.54) is 11.1 Å². The van der Waals surface area contributed by atoms with Crippen molar-refractivity contribution in [2.75, 3.05) is 0 Å². The number of nitriles is 1. The highest BCUT2D eigenvalue weighted by atomic mass is 14.3. The molecular weight excluding hydrogens is 182 g/mol. The van der Waals surface area contributed by atoms with Gasteiger partial charge in [0.2, 0.25) is 0 Å². The van der Waals surface area contributed by atoms with E-state index in [1.54, 1.807) is 0 Å². The van der Waals surface area contributed by atoms with Crippen molar-refractivity contribution in [1.82, 2.24) is 0 Å². The third-order valence-corrected chi connectivity index (χ3v) is 2.40. The van der Waals surface area contributed by atoms with Gasteiger partial charge in [-0.1, -0.05) is 43.3 Å². The SMILES string of the molecule is CCc1ccccc1/C=C/C(C)(C)C#N. The Morgan fingerprint density at radius 1 is 1.33 bits per heavy atom. The number of nitrogens with zero attached hydrogens (tertiary/aromatic N) is 1. The molecular formula is C14H17N. The van der Waals surface area contributed by atoms with Crippen LogP contribution in [0.5, 0.6) is 0 Å². The van der Waals surface area contributed by atoms with E-state index in [9.17, 15) is 0 Å². The summed E-state index contributed by atoms with van der Waals surface area (Å²) in [5, 5.41) is 8.90. The van der Waals surface area contributed by atoms with Gasteiger partial charge < -0.3 is 0 Å². The molecule has 15 heavy (non-hydrogen) atoms. The fourth-order valence-electron chi connectivity index (χ4n) is 1.35. The maximum absolute atomic E-state index is 8.90. The lowest BCUT2D eigenvalue weighted by Crippen LogP contribution is -2.01. The van der Waals surface area contributed by atoms with Gasteiger partial charge in [0.25, 0.3) is 0 Å². The molecule has 0 unspecified atom stereocenters. The number of aryl methyl sites for hydroxylation is 1. The van der Waals surface area contributed by atoms with Crippen LogP contribution >= 0.6 is 0 Å². The highest BCUT2D eigenvalue weighted by Crippen LogP contribution is 2.19. The first kappa shape index (κ1) is 11.5. The topological polar surface area (TPSA) is 23.8 Å². The van der Waals surface area contributed by atoms with Gasteiger partial charge >= 0.3 is 0 Å². The summed E-state index contributed by atoms with van der Waals surface area (Å²) in [6.07, 6.45) is 5.02. The summed E-state index contributed by atoms with van der Waals surface area (Å²) in [6, 6.07) is 10.5. The van der Waals surface area contributed by atoms with E-state index in [1.807, 2.05) is 38.1 Å². The molecule has 1 aromatic rings. The molecule has 0 fully saturated rings. The van der Waals surface area contributed by atoms with E-state index in [-0.39, 0.29) is 5.41 Å². The van der Waals surface area contributed by atoms with Crippen molar-refractivity contribution in [2.45, 2.75) is 27.2 Å². The molecule has 0 aliphatic carbocycles. The number of hydrogen-bond acceptors (Lipinski definition) is 1. The lowest BCUT2D eigenvalue weighted by Gasteiger charge is -2.08. The zero-order valence-corrected chi connectivity index (χ0v) is 9.62. The van der Waals surface area contributed by atoms with Crippen molar-refractivity contribution in [3.8, 4) is 6.07 Å². The van der Waals surface area contributed by atoms with E-state index in [2.05, 4.69) is 25.1 Å². The fraction of sp³-hybridized carbons (Fsp3) is 0.357. The Hall–Kier alpha value is -1.55. The number of allylic oxidation sites excluding steroid dienone is 1. The molecule has 0 bridgehead atoms. The monoisotopic (exact) mass is 199 g/mol. The van der Waals surface area contributed by atoms with Crippen molar-refractivity contribution >= 4 is 6.08 Å². The zero-order valence-electron chi connectivity index (χ0n) is 9.62. The molecule has 0 aromatic heterocycles. The lowest BCUT2D eigenvalue weighted by atomic mass is 9.93. The van der Waals surface area contributed by atoms with Crippen LogP contribution in [0, 0.1) is 16.7 Å². The summed E-state index contributed by atoms with van der Waals surface area (Å²) in [5.41, 5.74) is 2.15. The highest BCUT2D eigenvalue weighted by Gasteiger charge is 2.11. The second-order valence-corrected chi connectivity index (χ2v) is 4.22. The van der Waals surface area contributed by atoms with Gasteiger partial charge in [0.05, 0.1) is 11.5 Å². The molecule has 0 radical (unpaired) electrons. The van der Waals surface area contributed by atoms with Crippen LogP contribution in [0.4, 0.5) is 0 Å². The average molecular weight is 199 g/mol. The van der Waals surface area contributed by atoms with Crippen molar-refractivity contribution in [3.63, 3.8) is 0 Å². The highest BCUT2D eigenvalue weighted by molar-refractivity contribution is 5.54. The third kappa shape index (κ3) is 3.25. The van der Waals surface area contributed by atoms with Gasteiger partial charge in [0, 0.05) is 0 Å². The number of rotatable bonds is 3. The zero-order chi connectivity index (χ0) is 11.3. The second-order valence-electron chi connectivity index (χ2n) is 4.22. The number of hydrogen-bond donors (Lipinski definition) is 0. The summed E-state index contributed by atoms with van der Waals surface area (Å²) in [5.74, 6) is 0. The molecule has 0 atom stereocenters. The summed E-state index contributed by atoms with van der Waals surface area (Å²) < 4.78 is 0. The summed E-state index contributed by atoms with van der Waals surface area (Å²) >= 11 is 0. The Kier molecular flexibility index (Phi) is 3.68. The molecule has 0 N–H and O–H groups in total. The maximum atomic E-state index is 8.90. The lowest BCUT2D eigenvalue weighted by molar-refractivity contribution is 0.647. The van der Waals surface area contributed by atoms with E-state index in [0.29, 0.717) is 0 Å². The standard InChI is InChI=1S/C14H17N/c1-4-12-7-5-6-8-13(12)9-10-14(2,3)11-15/h5-10H,4H2,1-3H3/b10-9+. The average Bonchev–Trinajstić information content (AvgIpc) is 2.27. The first-order valence-electron chi connectivity index (χ1n) is 5.27. The van der Waals surface area contributed by atoms with Gasteiger partial charge in [0.15, 0.2) is 0 Å². The molecule has 0 aliphatic heterocycles. The molecule has 0 amide bonds. The molecule has 0 spiro atoms. The van der Waals surface area contributed by atoms with Crippen molar-refractivity contribution < 1.29 is 0 Å². The van der Waals surface area contributed by atoms with Gasteiger partial charge in [-0.2, -0.15) is 5.26 Å². The molecule has 1 aromatic carbocycles.